The van der Waals surface area contributed by atoms with Crippen LogP contribution in [0.2, 0.25) is 0 Å². The SMILES string of the molecule is CC(=O)[C@@H]1[C@H](c2ccc(C(F)(F)F)cc2)NC(=O)N[C@@]1(O)C(F)(F)F. The van der Waals surface area contributed by atoms with Gasteiger partial charge in [0.15, 0.2) is 0 Å². The molecule has 0 aromatic heterocycles. The van der Waals surface area contributed by atoms with Crippen LogP contribution in [0.15, 0.2) is 24.3 Å². The largest absolute Gasteiger partial charge is 0.437 e. The summed E-state index contributed by atoms with van der Waals surface area (Å²) in [6, 6.07) is -0.194. The van der Waals surface area contributed by atoms with Gasteiger partial charge in [0.25, 0.3) is 0 Å². The Labute approximate surface area is 137 Å². The third-order valence-electron chi connectivity index (χ3n) is 3.84. The molecule has 0 unspecified atom stereocenters. The predicted octanol–water partition coefficient (Wildman–Crippen LogP) is 2.52. The Balaban J connectivity index is 2.51. The second kappa shape index (κ2) is 5.90. The molecule has 0 bridgehead atoms. The second-order valence-electron chi connectivity index (χ2n) is 5.55. The number of rotatable bonds is 2. The van der Waals surface area contributed by atoms with Gasteiger partial charge in [0.1, 0.15) is 5.78 Å². The van der Waals surface area contributed by atoms with Crippen LogP contribution in [-0.4, -0.2) is 28.8 Å². The van der Waals surface area contributed by atoms with Crippen molar-refractivity contribution in [3.8, 4) is 0 Å². The molecule has 3 N–H and O–H groups in total. The van der Waals surface area contributed by atoms with E-state index in [1.165, 1.54) is 5.32 Å². The molecule has 5 nitrogen and oxygen atoms in total. The van der Waals surface area contributed by atoms with Crippen LogP contribution in [0, 0.1) is 5.92 Å². The molecule has 1 heterocycles. The lowest BCUT2D eigenvalue weighted by molar-refractivity contribution is -0.290. The second-order valence-corrected chi connectivity index (χ2v) is 5.55. The molecule has 1 saturated heterocycles. The van der Waals surface area contributed by atoms with Gasteiger partial charge in [-0.15, -0.1) is 0 Å². The maximum absolute atomic E-state index is 13.2. The van der Waals surface area contributed by atoms with E-state index < -0.39 is 47.4 Å². The van der Waals surface area contributed by atoms with Gasteiger partial charge in [-0.2, -0.15) is 26.3 Å². The number of nitrogens with one attached hydrogen (secondary N) is 2. The van der Waals surface area contributed by atoms with Gasteiger partial charge < -0.3 is 15.7 Å². The maximum Gasteiger partial charge on any atom is 0.437 e. The Morgan fingerprint density at radius 3 is 2.04 bits per heavy atom. The standard InChI is InChI=1S/C14H12F6N2O3/c1-6(23)9-10(7-2-4-8(5-3-7)13(15,16)17)21-11(24)22-12(9,25)14(18,19)20/h2-5,9-10,25H,1H3,(H2,21,22,24)/t9-,10+,12+/m1/s1. The number of urea groups is 1. The normalized spacial score (nSPS) is 27.4. The van der Waals surface area contributed by atoms with E-state index in [1.807, 2.05) is 5.32 Å². The smallest absolute Gasteiger partial charge is 0.363 e. The van der Waals surface area contributed by atoms with Crippen LogP contribution in [0.3, 0.4) is 0 Å². The first-order chi connectivity index (χ1) is 11.3. The summed E-state index contributed by atoms with van der Waals surface area (Å²) < 4.78 is 77.4. The third-order valence-corrected chi connectivity index (χ3v) is 3.84. The fourth-order valence-electron chi connectivity index (χ4n) is 2.68. The molecule has 0 aliphatic carbocycles. The van der Waals surface area contributed by atoms with Gasteiger partial charge in [-0.05, 0) is 24.6 Å². The Morgan fingerprint density at radius 1 is 1.12 bits per heavy atom. The summed E-state index contributed by atoms with van der Waals surface area (Å²) in [5.74, 6) is -3.31. The molecule has 3 atom stereocenters. The fourth-order valence-corrected chi connectivity index (χ4v) is 2.68. The minimum Gasteiger partial charge on any atom is -0.363 e. The highest BCUT2D eigenvalue weighted by molar-refractivity contribution is 5.86. The van der Waals surface area contributed by atoms with Crippen LogP contribution in [0.25, 0.3) is 0 Å². The third kappa shape index (κ3) is 3.41. The highest BCUT2D eigenvalue weighted by Crippen LogP contribution is 2.43. The molecular weight excluding hydrogens is 358 g/mol. The van der Waals surface area contributed by atoms with Gasteiger partial charge >= 0.3 is 18.4 Å². The van der Waals surface area contributed by atoms with Crippen LogP contribution in [0.1, 0.15) is 24.1 Å². The van der Waals surface area contributed by atoms with Gasteiger partial charge in [0.2, 0.25) is 5.72 Å². The van der Waals surface area contributed by atoms with E-state index in [-0.39, 0.29) is 5.56 Å². The molecule has 25 heavy (non-hydrogen) atoms. The summed E-state index contributed by atoms with van der Waals surface area (Å²) in [6.45, 7) is 0.775. The van der Waals surface area contributed by atoms with Crippen molar-refractivity contribution in [2.75, 3.05) is 0 Å². The zero-order valence-corrected chi connectivity index (χ0v) is 12.5. The summed E-state index contributed by atoms with van der Waals surface area (Å²) in [5, 5.41) is 13.2. The van der Waals surface area contributed by atoms with Crippen molar-refractivity contribution in [2.24, 2.45) is 5.92 Å². The zero-order valence-electron chi connectivity index (χ0n) is 12.5. The summed E-state index contributed by atoms with van der Waals surface area (Å²) in [7, 11) is 0. The number of halogens is 6. The lowest BCUT2D eigenvalue weighted by Crippen LogP contribution is -2.72. The van der Waals surface area contributed by atoms with Gasteiger partial charge in [-0.3, -0.25) is 4.79 Å². The molecule has 2 rings (SSSR count). The molecule has 11 heteroatoms. The Kier molecular flexibility index (Phi) is 4.49. The van der Waals surface area contributed by atoms with Crippen LogP contribution >= 0.6 is 0 Å². The van der Waals surface area contributed by atoms with Gasteiger partial charge in [0.05, 0.1) is 17.5 Å². The van der Waals surface area contributed by atoms with E-state index in [0.717, 1.165) is 19.1 Å². The molecule has 2 amide bonds. The van der Waals surface area contributed by atoms with Crippen LogP contribution in [0.4, 0.5) is 31.1 Å². The average molecular weight is 370 g/mol. The van der Waals surface area contributed by atoms with E-state index in [9.17, 15) is 41.0 Å². The Bertz CT molecular complexity index is 685. The molecule has 1 aliphatic rings. The van der Waals surface area contributed by atoms with Crippen molar-refractivity contribution in [1.82, 2.24) is 10.6 Å². The Morgan fingerprint density at radius 2 is 1.64 bits per heavy atom. The molecule has 1 aliphatic heterocycles. The van der Waals surface area contributed by atoms with E-state index in [4.69, 9.17) is 0 Å². The highest BCUT2D eigenvalue weighted by Gasteiger charge is 2.65. The highest BCUT2D eigenvalue weighted by atomic mass is 19.4. The van der Waals surface area contributed by atoms with E-state index >= 15 is 0 Å². The number of ketones is 1. The Hall–Kier alpha value is -2.30. The van der Waals surface area contributed by atoms with Crippen LogP contribution in [0.5, 0.6) is 0 Å². The quantitative estimate of drug-likeness (QED) is 0.700. The topological polar surface area (TPSA) is 78.4 Å². The lowest BCUT2D eigenvalue weighted by atomic mass is 9.79. The van der Waals surface area contributed by atoms with Crippen molar-refractivity contribution in [3.63, 3.8) is 0 Å². The molecular formula is C14H12F6N2O3. The fraction of sp³-hybridized carbons (Fsp3) is 0.429. The van der Waals surface area contributed by atoms with E-state index in [0.29, 0.717) is 12.1 Å². The van der Waals surface area contributed by atoms with Crippen LogP contribution in [-0.2, 0) is 11.0 Å². The first-order valence-electron chi connectivity index (χ1n) is 6.83. The lowest BCUT2D eigenvalue weighted by Gasteiger charge is -2.44. The van der Waals surface area contributed by atoms with Gasteiger partial charge in [-0.25, -0.2) is 4.79 Å². The van der Waals surface area contributed by atoms with Crippen molar-refractivity contribution in [2.45, 2.75) is 31.0 Å². The average Bonchev–Trinajstić information content (AvgIpc) is 2.44. The molecule has 1 aromatic carbocycles. The maximum atomic E-state index is 13.2. The predicted molar refractivity (Wildman–Crippen MR) is 71.0 cm³/mol. The summed E-state index contributed by atoms with van der Waals surface area (Å²) >= 11 is 0. The number of hydrogen-bond acceptors (Lipinski definition) is 3. The molecule has 0 saturated carbocycles. The monoisotopic (exact) mass is 370 g/mol. The first-order valence-corrected chi connectivity index (χ1v) is 6.83. The zero-order chi connectivity index (χ0) is 19.2. The minimum absolute atomic E-state index is 0.189. The minimum atomic E-state index is -5.38. The summed E-state index contributed by atoms with van der Waals surface area (Å²) in [4.78, 5) is 23.3. The summed E-state index contributed by atoms with van der Waals surface area (Å²) in [6.07, 6.45) is -10.0. The van der Waals surface area contributed by atoms with Crippen molar-refractivity contribution < 1.29 is 41.0 Å². The molecule has 1 aromatic rings. The van der Waals surface area contributed by atoms with E-state index in [1.54, 1.807) is 0 Å². The number of carbonyl (C=O) groups excluding carboxylic acids is 2. The summed E-state index contributed by atoms with van der Waals surface area (Å²) in [5.41, 5.74) is -5.10. The van der Waals surface area contributed by atoms with Crippen LogP contribution < -0.4 is 10.6 Å². The molecule has 0 spiro atoms. The van der Waals surface area contributed by atoms with E-state index in [2.05, 4.69) is 0 Å². The number of Topliss-reactive ketones (excluding diaryl/α,β-unsaturated/α-hetero) is 1. The molecule has 1 fully saturated rings. The molecule has 0 radical (unpaired) electrons. The number of alkyl halides is 6. The number of benzene rings is 1. The van der Waals surface area contributed by atoms with Crippen molar-refractivity contribution in [3.05, 3.63) is 35.4 Å². The van der Waals surface area contributed by atoms with Gasteiger partial charge in [-0.1, -0.05) is 12.1 Å². The van der Waals surface area contributed by atoms with Gasteiger partial charge in [0, 0.05) is 0 Å². The number of carbonyl (C=O) groups is 2. The van der Waals surface area contributed by atoms with Crippen molar-refractivity contribution in [1.29, 1.82) is 0 Å². The number of hydrogen-bond donors (Lipinski definition) is 3. The number of amides is 2. The number of aliphatic hydroxyl groups is 1. The first kappa shape index (κ1) is 19.0. The molecule has 138 valence electrons. The van der Waals surface area contributed by atoms with Crippen molar-refractivity contribution >= 4 is 11.8 Å².